The number of benzene rings is 13. The molecule has 78 heavy (non-hydrogen) atoms. The number of anilines is 3. The molecule has 3 aromatic heterocycles. The zero-order valence-corrected chi connectivity index (χ0v) is 43.6. The number of hydrogen-bond acceptors (Lipinski definition) is 4. The molecule has 16 aromatic rings. The van der Waals surface area contributed by atoms with Crippen molar-refractivity contribution in [2.45, 2.75) is 19.3 Å². The maximum atomic E-state index is 5.68. The van der Waals surface area contributed by atoms with Gasteiger partial charge in [-0.3, -0.25) is 4.57 Å². The highest BCUT2D eigenvalue weighted by atomic mass is 32.1. The highest BCUT2D eigenvalue weighted by molar-refractivity contribution is 7.26. The van der Waals surface area contributed by atoms with Crippen molar-refractivity contribution in [3.8, 4) is 28.3 Å². The number of aromatic nitrogens is 3. The molecule has 0 atom stereocenters. The van der Waals surface area contributed by atoms with E-state index in [4.69, 9.17) is 9.97 Å². The van der Waals surface area contributed by atoms with Gasteiger partial charge in [0.1, 0.15) is 0 Å². The predicted molar refractivity (Wildman–Crippen MR) is 332 cm³/mol. The molecule has 1 aliphatic carbocycles. The second-order valence-corrected chi connectivity index (χ2v) is 22.7. The Morgan fingerprint density at radius 1 is 0.397 bits per heavy atom. The number of nitrogens with zero attached hydrogens (tertiary/aromatic N) is 4. The van der Waals surface area contributed by atoms with E-state index in [1.807, 2.05) is 11.3 Å². The van der Waals surface area contributed by atoms with Crippen molar-refractivity contribution in [2.24, 2.45) is 0 Å². The third kappa shape index (κ3) is 6.10. The average molecular weight is 1010 g/mol. The van der Waals surface area contributed by atoms with Crippen LogP contribution in [0.25, 0.3) is 135 Å². The minimum Gasteiger partial charge on any atom is -0.309 e. The van der Waals surface area contributed by atoms with Crippen LogP contribution in [0.1, 0.15) is 25.0 Å². The first-order chi connectivity index (χ1) is 38.4. The quantitative estimate of drug-likeness (QED) is 0.161. The van der Waals surface area contributed by atoms with Gasteiger partial charge in [-0.1, -0.05) is 196 Å². The summed E-state index contributed by atoms with van der Waals surface area (Å²) in [7, 11) is 0. The molecule has 0 fully saturated rings. The highest BCUT2D eigenvalue weighted by Gasteiger charge is 2.36. The van der Waals surface area contributed by atoms with Gasteiger partial charge in [-0.05, 0) is 131 Å². The van der Waals surface area contributed by atoms with Crippen LogP contribution < -0.4 is 4.90 Å². The molecule has 0 bridgehead atoms. The topological polar surface area (TPSA) is 34.0 Å². The van der Waals surface area contributed by atoms with Crippen LogP contribution >= 0.6 is 11.3 Å². The van der Waals surface area contributed by atoms with E-state index in [1.54, 1.807) is 0 Å². The Hall–Kier alpha value is -9.68. The highest BCUT2D eigenvalue weighted by Crippen LogP contribution is 2.53. The molecule has 364 valence electrons. The van der Waals surface area contributed by atoms with E-state index in [1.165, 1.54) is 96.3 Å². The van der Waals surface area contributed by atoms with Gasteiger partial charge in [0.15, 0.2) is 0 Å². The third-order valence-corrected chi connectivity index (χ3v) is 18.3. The second kappa shape index (κ2) is 16.2. The largest absolute Gasteiger partial charge is 0.309 e. The van der Waals surface area contributed by atoms with Crippen molar-refractivity contribution >= 4 is 135 Å². The Kier molecular flexibility index (Phi) is 9.03. The first kappa shape index (κ1) is 43.5. The number of fused-ring (bicyclic) bond motifs is 20. The van der Waals surface area contributed by atoms with Crippen LogP contribution in [-0.2, 0) is 5.41 Å². The zero-order chi connectivity index (χ0) is 51.4. The Labute approximate surface area is 453 Å². The number of thiophene rings is 1. The summed E-state index contributed by atoms with van der Waals surface area (Å²) in [6.45, 7) is 4.72. The Morgan fingerprint density at radius 2 is 1.03 bits per heavy atom. The summed E-state index contributed by atoms with van der Waals surface area (Å²) in [4.78, 5) is 13.8. The normalized spacial score (nSPS) is 13.1. The third-order valence-electron chi connectivity index (χ3n) is 17.1. The van der Waals surface area contributed by atoms with E-state index in [0.717, 1.165) is 61.0 Å². The maximum absolute atomic E-state index is 5.68. The lowest BCUT2D eigenvalue weighted by Gasteiger charge is -2.28. The van der Waals surface area contributed by atoms with Gasteiger partial charge in [0.25, 0.3) is 0 Å². The molecule has 0 N–H and O–H groups in total. The van der Waals surface area contributed by atoms with Crippen LogP contribution in [0.5, 0.6) is 0 Å². The van der Waals surface area contributed by atoms with Crippen LogP contribution in [0.3, 0.4) is 0 Å². The predicted octanol–water partition coefficient (Wildman–Crippen LogP) is 20.3. The van der Waals surface area contributed by atoms with Gasteiger partial charge in [0.2, 0.25) is 5.95 Å². The van der Waals surface area contributed by atoms with Gasteiger partial charge in [0.05, 0.1) is 32.6 Å². The lowest BCUT2D eigenvalue weighted by atomic mass is 9.82. The lowest BCUT2D eigenvalue weighted by Crippen LogP contribution is -2.15. The second-order valence-electron chi connectivity index (χ2n) is 21.6. The van der Waals surface area contributed by atoms with Gasteiger partial charge in [-0.15, -0.1) is 11.3 Å². The monoisotopic (exact) mass is 1010 g/mol. The molecule has 0 unspecified atom stereocenters. The fourth-order valence-electron chi connectivity index (χ4n) is 13.5. The van der Waals surface area contributed by atoms with Crippen LogP contribution in [0, 0.1) is 0 Å². The van der Waals surface area contributed by atoms with Crippen molar-refractivity contribution < 1.29 is 0 Å². The van der Waals surface area contributed by atoms with Gasteiger partial charge in [-0.2, -0.15) is 0 Å². The first-order valence-electron chi connectivity index (χ1n) is 26.9. The lowest BCUT2D eigenvalue weighted by molar-refractivity contribution is 0.660. The van der Waals surface area contributed by atoms with Crippen LogP contribution in [0.4, 0.5) is 17.1 Å². The SMILES string of the molecule is CC1(C)c2ccccc2-c2cc(N(c3ccc4ccccc4c3)c3cccc4c3sc3ccc5c(c6cc7c8ccccc8c8ccccc8c7cc6n5-c5nc(-c6ccccc6)c6ccc7ccccc7c6n5)c34)ccc21. The smallest absolute Gasteiger partial charge is 0.235 e. The Bertz CT molecular complexity index is 5260. The molecule has 4 nitrogen and oxygen atoms in total. The molecular weight excluding hydrogens is 965 g/mol. The molecule has 0 amide bonds. The van der Waals surface area contributed by atoms with Gasteiger partial charge in [0, 0.05) is 59.4 Å². The van der Waals surface area contributed by atoms with Crippen molar-refractivity contribution in [3.63, 3.8) is 0 Å². The standard InChI is InChI=1S/C73H46N4S/c1-73(2)61-29-15-14-27-54(61)59-40-48(34-36-62(59)73)76(47-33-31-43-17-6-7-21-46(43)39-47)64-30-16-28-55-68-66(78-71(55)64)38-37-63-67(68)60-41-57-52-25-12-10-23-50(52)51-24-11-13-26-53(51)58(57)42-65(60)77(63)72-74-69(45-19-4-3-5-20-45)56-35-32-44-18-8-9-22-49(44)70(56)75-72/h3-42H,1-2H3. The van der Waals surface area contributed by atoms with E-state index in [-0.39, 0.29) is 5.41 Å². The molecule has 0 spiro atoms. The van der Waals surface area contributed by atoms with E-state index in [2.05, 4.69) is 266 Å². The van der Waals surface area contributed by atoms with Crippen LogP contribution in [0.2, 0.25) is 0 Å². The fourth-order valence-corrected chi connectivity index (χ4v) is 14.7. The Balaban J connectivity index is 0.994. The summed E-state index contributed by atoms with van der Waals surface area (Å²) in [5.74, 6) is 0.644. The fraction of sp³-hybridized carbons (Fsp3) is 0.0411. The molecule has 1 aliphatic rings. The van der Waals surface area contributed by atoms with E-state index >= 15 is 0 Å². The van der Waals surface area contributed by atoms with Crippen molar-refractivity contribution in [1.82, 2.24) is 14.5 Å². The summed E-state index contributed by atoms with van der Waals surface area (Å²) in [5, 5.41) is 17.9. The zero-order valence-electron chi connectivity index (χ0n) is 42.8. The molecule has 3 heterocycles. The summed E-state index contributed by atoms with van der Waals surface area (Å²) in [6, 6.07) is 89.6. The maximum Gasteiger partial charge on any atom is 0.235 e. The molecule has 0 radical (unpaired) electrons. The Morgan fingerprint density at radius 3 is 1.83 bits per heavy atom. The minimum absolute atomic E-state index is 0.103. The van der Waals surface area contributed by atoms with Crippen molar-refractivity contribution in [2.75, 3.05) is 4.90 Å². The molecule has 0 saturated heterocycles. The summed E-state index contributed by atoms with van der Waals surface area (Å²) < 4.78 is 4.82. The average Bonchev–Trinajstić information content (AvgIpc) is 4.18. The van der Waals surface area contributed by atoms with Crippen LogP contribution in [0.15, 0.2) is 243 Å². The summed E-state index contributed by atoms with van der Waals surface area (Å²) in [5.41, 5.74) is 13.7. The van der Waals surface area contributed by atoms with E-state index < -0.39 is 0 Å². The molecule has 0 saturated carbocycles. The summed E-state index contributed by atoms with van der Waals surface area (Å²) >= 11 is 1.88. The van der Waals surface area contributed by atoms with Gasteiger partial charge >= 0.3 is 0 Å². The molecule has 17 rings (SSSR count). The molecule has 0 aliphatic heterocycles. The molecular formula is C73H46N4S. The number of rotatable bonds is 5. The molecule has 13 aromatic carbocycles. The number of hydrogen-bond donors (Lipinski definition) is 0. The minimum atomic E-state index is -0.103. The van der Waals surface area contributed by atoms with Crippen molar-refractivity contribution in [3.05, 3.63) is 254 Å². The van der Waals surface area contributed by atoms with E-state index in [9.17, 15) is 0 Å². The van der Waals surface area contributed by atoms with Crippen LogP contribution in [-0.4, -0.2) is 14.5 Å². The van der Waals surface area contributed by atoms with Gasteiger partial charge in [-0.25, -0.2) is 9.97 Å². The van der Waals surface area contributed by atoms with Gasteiger partial charge < -0.3 is 4.90 Å². The first-order valence-corrected chi connectivity index (χ1v) is 27.7. The summed E-state index contributed by atoms with van der Waals surface area (Å²) in [6.07, 6.45) is 0. The van der Waals surface area contributed by atoms with E-state index in [0.29, 0.717) is 5.95 Å². The molecule has 5 heteroatoms. The van der Waals surface area contributed by atoms with Crippen molar-refractivity contribution in [1.29, 1.82) is 0 Å².